The highest BCUT2D eigenvalue weighted by Gasteiger charge is 2.35. The quantitative estimate of drug-likeness (QED) is 0.161. The van der Waals surface area contributed by atoms with Gasteiger partial charge < -0.3 is 4.42 Å². The van der Waals surface area contributed by atoms with Crippen molar-refractivity contribution < 1.29 is 4.42 Å². The van der Waals surface area contributed by atoms with Crippen molar-refractivity contribution in [3.63, 3.8) is 0 Å². The van der Waals surface area contributed by atoms with Gasteiger partial charge in [-0.3, -0.25) is 0 Å². The molecule has 0 N–H and O–H groups in total. The van der Waals surface area contributed by atoms with Crippen molar-refractivity contribution in [3.8, 4) is 89.8 Å². The summed E-state index contributed by atoms with van der Waals surface area (Å²) in [5.74, 6) is 1.88. The number of furan rings is 1. The predicted octanol–water partition coefficient (Wildman–Crippen LogP) is 15.7. The van der Waals surface area contributed by atoms with Crippen LogP contribution in [-0.2, 0) is 5.41 Å². The number of benzene rings is 9. The molecule has 0 saturated carbocycles. The molecular formula is C60H41N3O. The highest BCUT2D eigenvalue weighted by Crippen LogP contribution is 2.49. The molecule has 0 unspecified atom stereocenters. The van der Waals surface area contributed by atoms with Gasteiger partial charge in [-0.1, -0.05) is 190 Å². The van der Waals surface area contributed by atoms with Gasteiger partial charge in [-0.25, -0.2) is 15.0 Å². The normalized spacial score (nSPS) is 12.7. The monoisotopic (exact) mass is 819 g/mol. The van der Waals surface area contributed by atoms with Crippen LogP contribution in [0.4, 0.5) is 0 Å². The number of fused-ring (bicyclic) bond motifs is 6. The Morgan fingerprint density at radius 1 is 0.312 bits per heavy atom. The summed E-state index contributed by atoms with van der Waals surface area (Å²) in [6.07, 6.45) is 0. The van der Waals surface area contributed by atoms with Crippen LogP contribution in [0.1, 0.15) is 25.0 Å². The van der Waals surface area contributed by atoms with Crippen LogP contribution < -0.4 is 0 Å². The van der Waals surface area contributed by atoms with Gasteiger partial charge in [0.1, 0.15) is 11.2 Å². The molecule has 0 saturated heterocycles. The SMILES string of the molecule is CC1(C)c2ccccc2-c2ccc(-c3nc(-c4cccc(-c5ccccc5)c4)nc(-c4cccc(-c5ccc6c(c5)oc5cccc(-c7ccc(-c8ccccc8)cc7)c56)c4)n3)cc21. The second-order valence-electron chi connectivity index (χ2n) is 17.2. The molecule has 302 valence electrons. The molecule has 9 aromatic carbocycles. The Bertz CT molecular complexity index is 3570. The van der Waals surface area contributed by atoms with E-state index in [0.717, 1.165) is 72.0 Å². The molecular weight excluding hydrogens is 779 g/mol. The molecule has 0 amide bonds. The minimum atomic E-state index is -0.157. The summed E-state index contributed by atoms with van der Waals surface area (Å²) in [4.78, 5) is 15.6. The van der Waals surface area contributed by atoms with E-state index in [1.54, 1.807) is 0 Å². The highest BCUT2D eigenvalue weighted by molar-refractivity contribution is 6.13. The zero-order valence-electron chi connectivity index (χ0n) is 35.5. The van der Waals surface area contributed by atoms with Gasteiger partial charge in [-0.05, 0) is 103 Å². The largest absolute Gasteiger partial charge is 0.456 e. The van der Waals surface area contributed by atoms with E-state index in [4.69, 9.17) is 19.4 Å². The van der Waals surface area contributed by atoms with Crippen molar-refractivity contribution >= 4 is 21.9 Å². The van der Waals surface area contributed by atoms with Crippen LogP contribution in [0, 0.1) is 0 Å². The standard InChI is InChI=1S/C60H41N3O/c1-60(2)52-24-10-9-22-49(52)50-32-31-47(36-53(50)60)59-62-57(45-20-11-18-42(34-45)39-16-7-4-8-17-39)61-58(63-59)46-21-12-19-43(35-46)44-30-33-51-55(37-44)64-54-25-13-23-48(56(51)54)41-28-26-40(27-29-41)38-14-5-3-6-15-38/h3-37H,1-2H3. The lowest BCUT2D eigenvalue weighted by Gasteiger charge is -2.21. The molecule has 0 fully saturated rings. The van der Waals surface area contributed by atoms with E-state index in [2.05, 4.69) is 214 Å². The minimum absolute atomic E-state index is 0.157. The molecule has 0 bridgehead atoms. The van der Waals surface area contributed by atoms with Crippen LogP contribution in [-0.4, -0.2) is 15.0 Å². The first-order valence-electron chi connectivity index (χ1n) is 21.8. The Morgan fingerprint density at radius 2 is 0.766 bits per heavy atom. The maximum absolute atomic E-state index is 6.59. The molecule has 4 heteroatoms. The number of aromatic nitrogens is 3. The lowest BCUT2D eigenvalue weighted by molar-refractivity contribution is 0.660. The smallest absolute Gasteiger partial charge is 0.164 e. The summed E-state index contributed by atoms with van der Waals surface area (Å²) < 4.78 is 6.59. The van der Waals surface area contributed by atoms with E-state index < -0.39 is 0 Å². The van der Waals surface area contributed by atoms with Gasteiger partial charge in [0.15, 0.2) is 17.5 Å². The van der Waals surface area contributed by atoms with Crippen LogP contribution in [0.2, 0.25) is 0 Å². The van der Waals surface area contributed by atoms with Crippen LogP contribution in [0.15, 0.2) is 217 Å². The third-order valence-electron chi connectivity index (χ3n) is 13.0. The van der Waals surface area contributed by atoms with Crippen LogP contribution in [0.5, 0.6) is 0 Å². The number of hydrogen-bond acceptors (Lipinski definition) is 4. The van der Waals surface area contributed by atoms with Crippen molar-refractivity contribution in [1.29, 1.82) is 0 Å². The molecule has 1 aliphatic rings. The predicted molar refractivity (Wildman–Crippen MR) is 263 cm³/mol. The molecule has 2 heterocycles. The first-order valence-corrected chi connectivity index (χ1v) is 21.8. The van der Waals surface area contributed by atoms with Gasteiger partial charge in [0, 0.05) is 32.9 Å². The van der Waals surface area contributed by atoms with Crippen molar-refractivity contribution in [2.75, 3.05) is 0 Å². The van der Waals surface area contributed by atoms with Gasteiger partial charge in [0.25, 0.3) is 0 Å². The van der Waals surface area contributed by atoms with Crippen molar-refractivity contribution in [2.24, 2.45) is 0 Å². The first kappa shape index (κ1) is 37.5. The molecule has 12 rings (SSSR count). The van der Waals surface area contributed by atoms with Crippen molar-refractivity contribution in [3.05, 3.63) is 223 Å². The van der Waals surface area contributed by atoms with Gasteiger partial charge in [0.2, 0.25) is 0 Å². The van der Waals surface area contributed by atoms with E-state index >= 15 is 0 Å². The highest BCUT2D eigenvalue weighted by atomic mass is 16.3. The first-order chi connectivity index (χ1) is 31.4. The Hall–Kier alpha value is -8.21. The molecule has 11 aromatic rings. The number of hydrogen-bond donors (Lipinski definition) is 0. The lowest BCUT2D eigenvalue weighted by atomic mass is 9.82. The molecule has 4 nitrogen and oxygen atoms in total. The number of nitrogens with zero attached hydrogens (tertiary/aromatic N) is 3. The zero-order chi connectivity index (χ0) is 42.8. The van der Waals surface area contributed by atoms with Gasteiger partial charge in [-0.15, -0.1) is 0 Å². The average molecular weight is 820 g/mol. The third kappa shape index (κ3) is 6.42. The van der Waals surface area contributed by atoms with E-state index in [9.17, 15) is 0 Å². The molecule has 1 aliphatic carbocycles. The van der Waals surface area contributed by atoms with E-state index in [0.29, 0.717) is 17.5 Å². The topological polar surface area (TPSA) is 51.8 Å². The summed E-state index contributed by atoms with van der Waals surface area (Å²) in [6.45, 7) is 4.61. The van der Waals surface area contributed by atoms with E-state index in [1.165, 1.54) is 33.4 Å². The Balaban J connectivity index is 0.944. The van der Waals surface area contributed by atoms with Crippen LogP contribution >= 0.6 is 0 Å². The summed E-state index contributed by atoms with van der Waals surface area (Å²) >= 11 is 0. The van der Waals surface area contributed by atoms with Crippen LogP contribution in [0.25, 0.3) is 112 Å². The maximum atomic E-state index is 6.59. The Morgan fingerprint density at radius 3 is 1.45 bits per heavy atom. The number of rotatable bonds is 7. The molecule has 64 heavy (non-hydrogen) atoms. The summed E-state index contributed by atoms with van der Waals surface area (Å²) in [5.41, 5.74) is 18.6. The summed E-state index contributed by atoms with van der Waals surface area (Å²) in [7, 11) is 0. The van der Waals surface area contributed by atoms with E-state index in [1.807, 2.05) is 12.1 Å². The molecule has 0 spiro atoms. The van der Waals surface area contributed by atoms with Crippen molar-refractivity contribution in [2.45, 2.75) is 19.3 Å². The van der Waals surface area contributed by atoms with Crippen LogP contribution in [0.3, 0.4) is 0 Å². The summed E-state index contributed by atoms with van der Waals surface area (Å²) in [6, 6.07) is 74.9. The molecule has 2 aromatic heterocycles. The van der Waals surface area contributed by atoms with E-state index in [-0.39, 0.29) is 5.41 Å². The van der Waals surface area contributed by atoms with Gasteiger partial charge in [0.05, 0.1) is 0 Å². The molecule has 0 radical (unpaired) electrons. The fraction of sp³-hybridized carbons (Fsp3) is 0.0500. The third-order valence-corrected chi connectivity index (χ3v) is 13.0. The Labute approximate surface area is 372 Å². The average Bonchev–Trinajstić information content (AvgIpc) is 3.85. The zero-order valence-corrected chi connectivity index (χ0v) is 35.5. The fourth-order valence-electron chi connectivity index (χ4n) is 9.63. The fourth-order valence-corrected chi connectivity index (χ4v) is 9.63. The summed E-state index contributed by atoms with van der Waals surface area (Å²) in [5, 5.41) is 2.20. The maximum Gasteiger partial charge on any atom is 0.164 e. The van der Waals surface area contributed by atoms with Crippen molar-refractivity contribution in [1.82, 2.24) is 15.0 Å². The van der Waals surface area contributed by atoms with Gasteiger partial charge >= 0.3 is 0 Å². The second kappa shape index (κ2) is 15.0. The molecule has 0 atom stereocenters. The second-order valence-corrected chi connectivity index (χ2v) is 17.2. The lowest BCUT2D eigenvalue weighted by Crippen LogP contribution is -2.15. The Kier molecular flexibility index (Phi) is 8.80. The van der Waals surface area contributed by atoms with Gasteiger partial charge in [-0.2, -0.15) is 0 Å². The molecule has 0 aliphatic heterocycles. The minimum Gasteiger partial charge on any atom is -0.456 e.